The number of alkyl halides is 3. The molecule has 17 heavy (non-hydrogen) atoms. The standard InChI is InChI=1S/C8H5F3N2O4/c9-8(10,11)5-3-12-4(2-7(14)15)1-6(5)13(16)17/h1,3H,2H2,(H,14,15). The third-order valence-electron chi connectivity index (χ3n) is 1.77. The average Bonchev–Trinajstić information content (AvgIpc) is 2.14. The molecule has 0 aliphatic carbocycles. The monoisotopic (exact) mass is 250 g/mol. The smallest absolute Gasteiger partial charge is 0.424 e. The van der Waals surface area contributed by atoms with Gasteiger partial charge in [-0.05, 0) is 0 Å². The molecule has 0 saturated heterocycles. The molecule has 0 amide bonds. The fourth-order valence-electron chi connectivity index (χ4n) is 1.11. The fourth-order valence-corrected chi connectivity index (χ4v) is 1.11. The van der Waals surface area contributed by atoms with E-state index in [9.17, 15) is 28.1 Å². The first kappa shape index (κ1) is 12.9. The highest BCUT2D eigenvalue weighted by atomic mass is 19.4. The van der Waals surface area contributed by atoms with Crippen LogP contribution in [-0.2, 0) is 17.4 Å². The van der Waals surface area contributed by atoms with Gasteiger partial charge < -0.3 is 5.11 Å². The number of carboxylic acids is 1. The molecule has 6 nitrogen and oxygen atoms in total. The molecule has 0 bridgehead atoms. The number of aromatic nitrogens is 1. The topological polar surface area (TPSA) is 93.3 Å². The van der Waals surface area contributed by atoms with Crippen LogP contribution < -0.4 is 0 Å². The Labute approximate surface area is 91.9 Å². The molecule has 1 aromatic rings. The van der Waals surface area contributed by atoms with Crippen LogP contribution in [0.25, 0.3) is 0 Å². The number of nitrogens with zero attached hydrogens (tertiary/aromatic N) is 2. The number of pyridine rings is 1. The molecule has 1 aromatic heterocycles. The summed E-state index contributed by atoms with van der Waals surface area (Å²) in [6.07, 6.45) is -5.33. The van der Waals surface area contributed by atoms with Crippen LogP contribution in [0.3, 0.4) is 0 Å². The lowest BCUT2D eigenvalue weighted by Gasteiger charge is -2.07. The number of halogens is 3. The van der Waals surface area contributed by atoms with E-state index < -0.39 is 34.7 Å². The molecule has 0 spiro atoms. The SMILES string of the molecule is O=C(O)Cc1cc([N+](=O)[O-])c(C(F)(F)F)cn1. The number of rotatable bonds is 3. The largest absolute Gasteiger partial charge is 0.481 e. The number of hydrogen-bond acceptors (Lipinski definition) is 4. The average molecular weight is 250 g/mol. The van der Waals surface area contributed by atoms with Crippen molar-refractivity contribution in [1.82, 2.24) is 4.98 Å². The molecule has 92 valence electrons. The zero-order valence-electron chi connectivity index (χ0n) is 8.06. The van der Waals surface area contributed by atoms with Crippen LogP contribution in [0.1, 0.15) is 11.3 Å². The minimum Gasteiger partial charge on any atom is -0.481 e. The second-order valence-corrected chi connectivity index (χ2v) is 3.02. The van der Waals surface area contributed by atoms with E-state index in [1.165, 1.54) is 0 Å². The third kappa shape index (κ3) is 3.13. The van der Waals surface area contributed by atoms with E-state index in [0.717, 1.165) is 0 Å². The highest BCUT2D eigenvalue weighted by molar-refractivity contribution is 5.69. The van der Waals surface area contributed by atoms with E-state index in [4.69, 9.17) is 5.11 Å². The second-order valence-electron chi connectivity index (χ2n) is 3.02. The van der Waals surface area contributed by atoms with Crippen molar-refractivity contribution in [3.05, 3.63) is 33.6 Å². The van der Waals surface area contributed by atoms with E-state index in [1.807, 2.05) is 0 Å². The first-order valence-corrected chi connectivity index (χ1v) is 4.14. The Balaban J connectivity index is 3.27. The van der Waals surface area contributed by atoms with E-state index in [2.05, 4.69) is 4.98 Å². The highest BCUT2D eigenvalue weighted by Crippen LogP contribution is 2.35. The quantitative estimate of drug-likeness (QED) is 0.650. The zero-order valence-corrected chi connectivity index (χ0v) is 8.06. The van der Waals surface area contributed by atoms with Gasteiger partial charge in [0.25, 0.3) is 5.69 Å². The van der Waals surface area contributed by atoms with Crippen molar-refractivity contribution in [3.63, 3.8) is 0 Å². The third-order valence-corrected chi connectivity index (χ3v) is 1.77. The van der Waals surface area contributed by atoms with Gasteiger partial charge in [0, 0.05) is 12.3 Å². The molecule has 0 fully saturated rings. The van der Waals surface area contributed by atoms with Crippen LogP contribution in [0.2, 0.25) is 0 Å². The zero-order chi connectivity index (χ0) is 13.2. The molecule has 0 radical (unpaired) electrons. The molecule has 1 rings (SSSR count). The van der Waals surface area contributed by atoms with Crippen molar-refractivity contribution < 1.29 is 28.0 Å². The van der Waals surface area contributed by atoms with Crippen LogP contribution in [0, 0.1) is 10.1 Å². The first-order chi connectivity index (χ1) is 7.71. The van der Waals surface area contributed by atoms with Crippen LogP contribution in [0.15, 0.2) is 12.3 Å². The maximum Gasteiger partial charge on any atom is 0.424 e. The van der Waals surface area contributed by atoms with E-state index in [1.54, 1.807) is 0 Å². The Morgan fingerprint density at radius 3 is 2.53 bits per heavy atom. The summed E-state index contributed by atoms with van der Waals surface area (Å²) < 4.78 is 37.0. The Bertz CT molecular complexity index is 472. The molecule has 1 heterocycles. The molecule has 9 heteroatoms. The molecule has 0 unspecified atom stereocenters. The number of carboxylic acid groups (broad SMARTS) is 1. The van der Waals surface area contributed by atoms with Gasteiger partial charge in [-0.2, -0.15) is 13.2 Å². The van der Waals surface area contributed by atoms with Gasteiger partial charge in [0.15, 0.2) is 5.56 Å². The van der Waals surface area contributed by atoms with Crippen LogP contribution in [0.5, 0.6) is 0 Å². The van der Waals surface area contributed by atoms with E-state index in [-0.39, 0.29) is 11.9 Å². The Morgan fingerprint density at radius 1 is 1.53 bits per heavy atom. The fraction of sp³-hybridized carbons (Fsp3) is 0.250. The van der Waals surface area contributed by atoms with Crippen LogP contribution in [0.4, 0.5) is 18.9 Å². The van der Waals surface area contributed by atoms with Gasteiger partial charge in [-0.3, -0.25) is 19.9 Å². The molecular weight excluding hydrogens is 245 g/mol. The van der Waals surface area contributed by atoms with Gasteiger partial charge in [0.1, 0.15) is 0 Å². The van der Waals surface area contributed by atoms with Crippen LogP contribution >= 0.6 is 0 Å². The van der Waals surface area contributed by atoms with Gasteiger partial charge in [-0.15, -0.1) is 0 Å². The molecule has 1 N–H and O–H groups in total. The predicted octanol–water partition coefficient (Wildman–Crippen LogP) is 1.64. The second kappa shape index (κ2) is 4.36. The Morgan fingerprint density at radius 2 is 2.12 bits per heavy atom. The molecule has 0 aliphatic rings. The van der Waals surface area contributed by atoms with Gasteiger partial charge in [-0.25, -0.2) is 0 Å². The summed E-state index contributed by atoms with van der Waals surface area (Å²) in [5.41, 5.74) is -3.02. The summed E-state index contributed by atoms with van der Waals surface area (Å²) in [4.78, 5) is 22.7. The minimum absolute atomic E-state index is 0.260. The van der Waals surface area contributed by atoms with Gasteiger partial charge in [0.2, 0.25) is 0 Å². The lowest BCUT2D eigenvalue weighted by molar-refractivity contribution is -0.388. The predicted molar refractivity (Wildman–Crippen MR) is 47.2 cm³/mol. The van der Waals surface area contributed by atoms with Crippen molar-refractivity contribution >= 4 is 11.7 Å². The van der Waals surface area contributed by atoms with Crippen molar-refractivity contribution in [3.8, 4) is 0 Å². The van der Waals surface area contributed by atoms with Gasteiger partial charge in [-0.1, -0.05) is 0 Å². The van der Waals surface area contributed by atoms with Crippen molar-refractivity contribution in [1.29, 1.82) is 0 Å². The maximum atomic E-state index is 12.3. The van der Waals surface area contributed by atoms with Crippen LogP contribution in [-0.4, -0.2) is 21.0 Å². The van der Waals surface area contributed by atoms with Crippen molar-refractivity contribution in [2.45, 2.75) is 12.6 Å². The number of hydrogen-bond donors (Lipinski definition) is 1. The summed E-state index contributed by atoms with van der Waals surface area (Å²) in [5, 5.41) is 18.8. The van der Waals surface area contributed by atoms with E-state index >= 15 is 0 Å². The summed E-state index contributed by atoms with van der Waals surface area (Å²) in [5.74, 6) is -1.34. The Hall–Kier alpha value is -2.19. The minimum atomic E-state index is -4.91. The van der Waals surface area contributed by atoms with Gasteiger partial charge >= 0.3 is 12.1 Å². The van der Waals surface area contributed by atoms with Crippen molar-refractivity contribution in [2.24, 2.45) is 0 Å². The first-order valence-electron chi connectivity index (χ1n) is 4.14. The molecule has 0 aromatic carbocycles. The molecule has 0 saturated carbocycles. The molecule has 0 atom stereocenters. The normalized spacial score (nSPS) is 11.2. The summed E-state index contributed by atoms with van der Waals surface area (Å²) in [6, 6.07) is 0.511. The maximum absolute atomic E-state index is 12.3. The molecule has 0 aliphatic heterocycles. The lowest BCUT2D eigenvalue weighted by atomic mass is 10.2. The lowest BCUT2D eigenvalue weighted by Crippen LogP contribution is -2.11. The summed E-state index contributed by atoms with van der Waals surface area (Å²) in [6.45, 7) is 0. The number of carbonyl (C=O) groups is 1. The molecular formula is C8H5F3N2O4. The highest BCUT2D eigenvalue weighted by Gasteiger charge is 2.39. The van der Waals surface area contributed by atoms with E-state index in [0.29, 0.717) is 6.07 Å². The number of nitro groups is 1. The van der Waals surface area contributed by atoms with Gasteiger partial charge in [0.05, 0.1) is 17.0 Å². The number of aliphatic carboxylic acids is 1. The Kier molecular flexibility index (Phi) is 3.30. The summed E-state index contributed by atoms with van der Waals surface area (Å²) >= 11 is 0. The summed E-state index contributed by atoms with van der Waals surface area (Å²) in [7, 11) is 0. The van der Waals surface area contributed by atoms with Crippen molar-refractivity contribution in [2.75, 3.05) is 0 Å².